The normalized spacial score (nSPS) is 11.9. The molecule has 0 aliphatic carbocycles. The number of hydrogen-bond acceptors (Lipinski definition) is 4. The van der Waals surface area contributed by atoms with E-state index in [9.17, 15) is 4.39 Å². The van der Waals surface area contributed by atoms with E-state index in [1.807, 2.05) is 0 Å². The average molecular weight is 244 g/mol. The van der Waals surface area contributed by atoms with Crippen LogP contribution in [0.5, 0.6) is 0 Å². The molecule has 0 aliphatic rings. The van der Waals surface area contributed by atoms with Gasteiger partial charge in [-0.15, -0.1) is 12.4 Å². The predicted molar refractivity (Wildman–Crippen MR) is 59.5 cm³/mol. The molecule has 4 nitrogen and oxygen atoms in total. The second kappa shape index (κ2) is 5.05. The minimum atomic E-state index is -0.334. The number of benzene rings is 1. The lowest BCUT2D eigenvalue weighted by molar-refractivity contribution is 0.362. The lowest BCUT2D eigenvalue weighted by atomic mass is 10.2. The lowest BCUT2D eigenvalue weighted by Crippen LogP contribution is -2.04. The first kappa shape index (κ1) is 12.6. The van der Waals surface area contributed by atoms with Crippen LogP contribution in [-0.2, 0) is 0 Å². The van der Waals surface area contributed by atoms with Crippen LogP contribution in [0.4, 0.5) is 4.39 Å². The second-order valence-electron chi connectivity index (χ2n) is 3.26. The Morgan fingerprint density at radius 3 is 2.75 bits per heavy atom. The van der Waals surface area contributed by atoms with Gasteiger partial charge in [0.05, 0.1) is 6.04 Å². The van der Waals surface area contributed by atoms with Gasteiger partial charge in [0.15, 0.2) is 0 Å². The molecule has 1 aromatic carbocycles. The Kier molecular flexibility index (Phi) is 3.98. The molecule has 0 saturated carbocycles. The zero-order valence-corrected chi connectivity index (χ0v) is 9.37. The van der Waals surface area contributed by atoms with Gasteiger partial charge in [-0.3, -0.25) is 0 Å². The fourth-order valence-electron chi connectivity index (χ4n) is 1.16. The van der Waals surface area contributed by atoms with Crippen molar-refractivity contribution in [1.29, 1.82) is 0 Å². The van der Waals surface area contributed by atoms with E-state index in [0.29, 0.717) is 17.3 Å². The molecule has 0 saturated heterocycles. The van der Waals surface area contributed by atoms with Crippen LogP contribution in [0.15, 0.2) is 28.8 Å². The Hall–Kier alpha value is -1.46. The molecule has 0 radical (unpaired) electrons. The molecule has 1 heterocycles. The van der Waals surface area contributed by atoms with Crippen molar-refractivity contribution in [3.63, 3.8) is 0 Å². The van der Waals surface area contributed by atoms with Crippen molar-refractivity contribution in [2.24, 2.45) is 5.73 Å². The van der Waals surface area contributed by atoms with E-state index < -0.39 is 0 Å². The van der Waals surface area contributed by atoms with Crippen molar-refractivity contribution in [3.05, 3.63) is 36.0 Å². The third-order valence-electron chi connectivity index (χ3n) is 1.91. The summed E-state index contributed by atoms with van der Waals surface area (Å²) in [6.45, 7) is 1.74. The van der Waals surface area contributed by atoms with Crippen LogP contribution in [-0.4, -0.2) is 10.1 Å². The minimum Gasteiger partial charge on any atom is -0.337 e. The third-order valence-corrected chi connectivity index (χ3v) is 1.91. The van der Waals surface area contributed by atoms with Crippen LogP contribution in [0.3, 0.4) is 0 Å². The molecule has 86 valence electrons. The maximum absolute atomic E-state index is 12.9. The van der Waals surface area contributed by atoms with Gasteiger partial charge in [0.2, 0.25) is 11.7 Å². The summed E-state index contributed by atoms with van der Waals surface area (Å²) < 4.78 is 17.8. The lowest BCUT2D eigenvalue weighted by Gasteiger charge is -1.94. The standard InChI is InChI=1S/C10H10FN3O.ClH/c1-6(12)10-13-9(14-15-10)7-3-2-4-8(11)5-7;/h2-6H,12H2,1H3;1H/t6-;/m0./s1. The molecule has 0 spiro atoms. The van der Waals surface area contributed by atoms with Crippen LogP contribution in [0.25, 0.3) is 11.4 Å². The van der Waals surface area contributed by atoms with E-state index in [1.165, 1.54) is 12.1 Å². The van der Waals surface area contributed by atoms with Crippen LogP contribution in [0.2, 0.25) is 0 Å². The summed E-state index contributed by atoms with van der Waals surface area (Å²) in [7, 11) is 0. The van der Waals surface area contributed by atoms with Gasteiger partial charge in [-0.2, -0.15) is 4.98 Å². The molecule has 0 aliphatic heterocycles. The van der Waals surface area contributed by atoms with E-state index in [2.05, 4.69) is 10.1 Å². The van der Waals surface area contributed by atoms with Gasteiger partial charge < -0.3 is 10.3 Å². The highest BCUT2D eigenvalue weighted by Gasteiger charge is 2.11. The number of nitrogens with two attached hydrogens (primary N) is 1. The molecule has 0 fully saturated rings. The van der Waals surface area contributed by atoms with Gasteiger partial charge in [0.1, 0.15) is 5.82 Å². The molecule has 0 bridgehead atoms. The molecular weight excluding hydrogens is 233 g/mol. The maximum Gasteiger partial charge on any atom is 0.243 e. The summed E-state index contributed by atoms with van der Waals surface area (Å²) in [4.78, 5) is 4.05. The summed E-state index contributed by atoms with van der Waals surface area (Å²) in [6.07, 6.45) is 0. The molecule has 0 unspecified atom stereocenters. The number of hydrogen-bond donors (Lipinski definition) is 1. The summed E-state index contributed by atoms with van der Waals surface area (Å²) in [5, 5.41) is 3.72. The molecule has 6 heteroatoms. The fourth-order valence-corrected chi connectivity index (χ4v) is 1.16. The van der Waals surface area contributed by atoms with Crippen LogP contribution in [0, 0.1) is 5.82 Å². The Balaban J connectivity index is 0.00000128. The van der Waals surface area contributed by atoms with Gasteiger partial charge in [0, 0.05) is 5.56 Å². The molecular formula is C10H11ClFN3O. The van der Waals surface area contributed by atoms with Crippen molar-refractivity contribution in [2.45, 2.75) is 13.0 Å². The van der Waals surface area contributed by atoms with E-state index in [1.54, 1.807) is 19.1 Å². The molecule has 2 rings (SSSR count). The monoisotopic (exact) mass is 243 g/mol. The zero-order chi connectivity index (χ0) is 10.8. The van der Waals surface area contributed by atoms with Crippen molar-refractivity contribution in [2.75, 3.05) is 0 Å². The first-order valence-electron chi connectivity index (χ1n) is 4.52. The van der Waals surface area contributed by atoms with Crippen LogP contribution >= 0.6 is 12.4 Å². The minimum absolute atomic E-state index is 0. The summed E-state index contributed by atoms with van der Waals surface area (Å²) in [5.74, 6) is 0.357. The Bertz CT molecular complexity index is 473. The smallest absolute Gasteiger partial charge is 0.243 e. The molecule has 0 amide bonds. The Morgan fingerprint density at radius 2 is 2.19 bits per heavy atom. The first-order chi connectivity index (χ1) is 7.16. The summed E-state index contributed by atoms with van der Waals surface area (Å²) in [6, 6.07) is 5.68. The zero-order valence-electron chi connectivity index (χ0n) is 8.55. The van der Waals surface area contributed by atoms with Gasteiger partial charge in [-0.1, -0.05) is 17.3 Å². The first-order valence-corrected chi connectivity index (χ1v) is 4.52. The summed E-state index contributed by atoms with van der Waals surface area (Å²) in [5.41, 5.74) is 6.14. The van der Waals surface area contributed by atoms with Crippen LogP contribution < -0.4 is 5.73 Å². The van der Waals surface area contributed by atoms with Gasteiger partial charge >= 0.3 is 0 Å². The molecule has 2 aromatic rings. The van der Waals surface area contributed by atoms with E-state index in [0.717, 1.165) is 0 Å². The van der Waals surface area contributed by atoms with Gasteiger partial charge in [-0.05, 0) is 19.1 Å². The maximum atomic E-state index is 12.9. The quantitative estimate of drug-likeness (QED) is 0.879. The van der Waals surface area contributed by atoms with E-state index >= 15 is 0 Å². The van der Waals surface area contributed by atoms with Crippen molar-refractivity contribution in [3.8, 4) is 11.4 Å². The number of nitrogens with zero attached hydrogens (tertiary/aromatic N) is 2. The topological polar surface area (TPSA) is 64.9 Å². The van der Waals surface area contributed by atoms with Crippen molar-refractivity contribution < 1.29 is 8.91 Å². The van der Waals surface area contributed by atoms with Gasteiger partial charge in [0.25, 0.3) is 0 Å². The Labute approximate surface area is 98.1 Å². The molecule has 16 heavy (non-hydrogen) atoms. The highest BCUT2D eigenvalue weighted by Crippen LogP contribution is 2.18. The molecule has 2 N–H and O–H groups in total. The SMILES string of the molecule is C[C@H](N)c1nc(-c2cccc(F)c2)no1.Cl. The largest absolute Gasteiger partial charge is 0.337 e. The van der Waals surface area contributed by atoms with Crippen molar-refractivity contribution >= 4 is 12.4 Å². The summed E-state index contributed by atoms with van der Waals surface area (Å²) >= 11 is 0. The number of halogens is 2. The molecule has 1 aromatic heterocycles. The van der Waals surface area contributed by atoms with Crippen LogP contribution in [0.1, 0.15) is 18.9 Å². The highest BCUT2D eigenvalue weighted by atomic mass is 35.5. The highest BCUT2D eigenvalue weighted by molar-refractivity contribution is 5.85. The molecule has 1 atom stereocenters. The van der Waals surface area contributed by atoms with Crippen molar-refractivity contribution in [1.82, 2.24) is 10.1 Å². The van der Waals surface area contributed by atoms with Gasteiger partial charge in [-0.25, -0.2) is 4.39 Å². The third kappa shape index (κ3) is 2.56. The average Bonchev–Trinajstić information content (AvgIpc) is 2.66. The number of rotatable bonds is 2. The predicted octanol–water partition coefficient (Wildman–Crippen LogP) is 2.32. The van der Waals surface area contributed by atoms with E-state index in [4.69, 9.17) is 10.3 Å². The fraction of sp³-hybridized carbons (Fsp3) is 0.200. The Morgan fingerprint density at radius 1 is 1.44 bits per heavy atom. The van der Waals surface area contributed by atoms with E-state index in [-0.39, 0.29) is 24.3 Å². The second-order valence-corrected chi connectivity index (χ2v) is 3.26. The number of aromatic nitrogens is 2.